The number of Topliss-reactive ketones (excluding diaryl/α,β-unsaturated/α-hetero) is 1. The van der Waals surface area contributed by atoms with E-state index in [9.17, 15) is 9.59 Å². The highest BCUT2D eigenvalue weighted by Gasteiger charge is 2.21. The van der Waals surface area contributed by atoms with Crippen LogP contribution in [0.1, 0.15) is 29.8 Å². The maximum Gasteiger partial charge on any atom is 0.342 e. The number of carbonyl (C=O) groups is 2. The predicted molar refractivity (Wildman–Crippen MR) is 69.9 cm³/mol. The minimum absolute atomic E-state index is 0.0548. The molecular weight excluding hydrogens is 248 g/mol. The summed E-state index contributed by atoms with van der Waals surface area (Å²) in [5.41, 5.74) is 0.822. The molecule has 1 aromatic rings. The van der Waals surface area contributed by atoms with E-state index in [-0.39, 0.29) is 24.4 Å². The zero-order valence-electron chi connectivity index (χ0n) is 11.6. The Morgan fingerprint density at radius 1 is 1.16 bits per heavy atom. The summed E-state index contributed by atoms with van der Waals surface area (Å²) in [6, 6.07) is 3.24. The summed E-state index contributed by atoms with van der Waals surface area (Å²) >= 11 is 0. The minimum atomic E-state index is -0.502. The average molecular weight is 266 g/mol. The molecule has 5 heteroatoms. The molecule has 1 rings (SSSR count). The molecule has 0 radical (unpaired) electrons. The van der Waals surface area contributed by atoms with Gasteiger partial charge in [-0.15, -0.1) is 0 Å². The maximum atomic E-state index is 12.0. The Labute approximate surface area is 112 Å². The SMILES string of the molecule is CCOC(=O)c1c(CC(C)=O)cc(OC)cc1OC. The van der Waals surface area contributed by atoms with Gasteiger partial charge in [-0.2, -0.15) is 0 Å². The normalized spacial score (nSPS) is 9.89. The summed E-state index contributed by atoms with van der Waals surface area (Å²) in [6.45, 7) is 3.44. The Balaban J connectivity index is 3.36. The number of rotatable bonds is 6. The number of esters is 1. The van der Waals surface area contributed by atoms with Gasteiger partial charge in [-0.05, 0) is 25.5 Å². The van der Waals surface area contributed by atoms with Crippen molar-refractivity contribution in [2.75, 3.05) is 20.8 Å². The third-order valence-electron chi connectivity index (χ3n) is 2.53. The van der Waals surface area contributed by atoms with Gasteiger partial charge in [0, 0.05) is 12.5 Å². The van der Waals surface area contributed by atoms with E-state index < -0.39 is 5.97 Å². The number of hydrogen-bond donors (Lipinski definition) is 0. The first kappa shape index (κ1) is 15.0. The summed E-state index contributed by atoms with van der Waals surface area (Å²) in [6.07, 6.45) is 0.127. The topological polar surface area (TPSA) is 61.8 Å². The Hall–Kier alpha value is -2.04. The fourth-order valence-electron chi connectivity index (χ4n) is 1.77. The monoisotopic (exact) mass is 266 g/mol. The summed E-state index contributed by atoms with van der Waals surface area (Å²) in [7, 11) is 2.96. The van der Waals surface area contributed by atoms with Crippen LogP contribution in [-0.4, -0.2) is 32.6 Å². The van der Waals surface area contributed by atoms with E-state index in [1.165, 1.54) is 21.1 Å². The van der Waals surface area contributed by atoms with Crippen LogP contribution in [0.3, 0.4) is 0 Å². The highest BCUT2D eigenvalue weighted by molar-refractivity contribution is 5.96. The lowest BCUT2D eigenvalue weighted by molar-refractivity contribution is -0.116. The molecule has 0 fully saturated rings. The van der Waals surface area contributed by atoms with Crippen molar-refractivity contribution in [3.63, 3.8) is 0 Å². The van der Waals surface area contributed by atoms with Crippen LogP contribution in [0.25, 0.3) is 0 Å². The van der Waals surface area contributed by atoms with Gasteiger partial charge in [-0.3, -0.25) is 4.79 Å². The number of benzene rings is 1. The first-order valence-corrected chi connectivity index (χ1v) is 5.94. The van der Waals surface area contributed by atoms with Gasteiger partial charge >= 0.3 is 5.97 Å². The van der Waals surface area contributed by atoms with E-state index >= 15 is 0 Å². The van der Waals surface area contributed by atoms with Crippen LogP contribution >= 0.6 is 0 Å². The molecule has 0 atom stereocenters. The van der Waals surface area contributed by atoms with Gasteiger partial charge in [-0.1, -0.05) is 0 Å². The smallest absolute Gasteiger partial charge is 0.342 e. The van der Waals surface area contributed by atoms with Gasteiger partial charge in [0.15, 0.2) is 0 Å². The largest absolute Gasteiger partial charge is 0.497 e. The number of ketones is 1. The maximum absolute atomic E-state index is 12.0. The van der Waals surface area contributed by atoms with Gasteiger partial charge in [0.1, 0.15) is 22.8 Å². The van der Waals surface area contributed by atoms with Crippen molar-refractivity contribution >= 4 is 11.8 Å². The third-order valence-corrected chi connectivity index (χ3v) is 2.53. The molecule has 0 spiro atoms. The highest BCUT2D eigenvalue weighted by Crippen LogP contribution is 2.30. The quantitative estimate of drug-likeness (QED) is 0.737. The summed E-state index contributed by atoms with van der Waals surface area (Å²) in [5, 5.41) is 0. The second kappa shape index (κ2) is 6.78. The van der Waals surface area contributed by atoms with Crippen LogP contribution in [-0.2, 0) is 16.0 Å². The molecule has 0 aliphatic rings. The zero-order chi connectivity index (χ0) is 14.4. The van der Waals surface area contributed by atoms with E-state index in [0.717, 1.165) is 0 Å². The van der Waals surface area contributed by atoms with Gasteiger partial charge in [-0.25, -0.2) is 4.79 Å². The molecule has 0 bridgehead atoms. The summed E-state index contributed by atoms with van der Waals surface area (Å²) in [4.78, 5) is 23.3. The molecule has 0 saturated carbocycles. The van der Waals surface area contributed by atoms with Crippen LogP contribution in [0.5, 0.6) is 11.5 Å². The first-order valence-electron chi connectivity index (χ1n) is 5.94. The lowest BCUT2D eigenvalue weighted by Gasteiger charge is -2.14. The zero-order valence-corrected chi connectivity index (χ0v) is 11.6. The Bertz CT molecular complexity index is 479. The molecule has 5 nitrogen and oxygen atoms in total. The molecule has 0 N–H and O–H groups in total. The van der Waals surface area contributed by atoms with Gasteiger partial charge in [0.2, 0.25) is 0 Å². The second-order valence-corrected chi connectivity index (χ2v) is 3.96. The molecule has 0 saturated heterocycles. The predicted octanol–water partition coefficient (Wildman–Crippen LogP) is 2.01. The first-order chi connectivity index (χ1) is 9.03. The molecule has 1 aromatic carbocycles. The van der Waals surface area contributed by atoms with Crippen LogP contribution in [0.2, 0.25) is 0 Å². The van der Waals surface area contributed by atoms with Crippen LogP contribution < -0.4 is 9.47 Å². The average Bonchev–Trinajstić information content (AvgIpc) is 2.37. The molecule has 0 heterocycles. The minimum Gasteiger partial charge on any atom is -0.497 e. The van der Waals surface area contributed by atoms with Gasteiger partial charge in [0.05, 0.1) is 20.8 Å². The standard InChI is InChI=1S/C14H18O5/c1-5-19-14(16)13-10(6-9(2)15)7-11(17-3)8-12(13)18-4/h7-8H,5-6H2,1-4H3. The van der Waals surface area contributed by atoms with Crippen molar-refractivity contribution in [1.82, 2.24) is 0 Å². The molecule has 104 valence electrons. The number of hydrogen-bond acceptors (Lipinski definition) is 5. The van der Waals surface area contributed by atoms with E-state index in [1.807, 2.05) is 0 Å². The van der Waals surface area contributed by atoms with Crippen molar-refractivity contribution < 1.29 is 23.8 Å². The van der Waals surface area contributed by atoms with E-state index in [4.69, 9.17) is 14.2 Å². The fraction of sp³-hybridized carbons (Fsp3) is 0.429. The Kier molecular flexibility index (Phi) is 5.36. The fourth-order valence-corrected chi connectivity index (χ4v) is 1.77. The number of carbonyl (C=O) groups excluding carboxylic acids is 2. The molecule has 19 heavy (non-hydrogen) atoms. The van der Waals surface area contributed by atoms with Crippen molar-refractivity contribution in [1.29, 1.82) is 0 Å². The van der Waals surface area contributed by atoms with Crippen LogP contribution in [0.4, 0.5) is 0 Å². The lowest BCUT2D eigenvalue weighted by Crippen LogP contribution is -2.12. The Morgan fingerprint density at radius 3 is 2.32 bits per heavy atom. The highest BCUT2D eigenvalue weighted by atomic mass is 16.5. The number of methoxy groups -OCH3 is 2. The van der Waals surface area contributed by atoms with Crippen molar-refractivity contribution in [2.24, 2.45) is 0 Å². The van der Waals surface area contributed by atoms with Crippen molar-refractivity contribution in [3.8, 4) is 11.5 Å². The van der Waals surface area contributed by atoms with Gasteiger partial charge < -0.3 is 14.2 Å². The molecular formula is C14H18O5. The van der Waals surface area contributed by atoms with E-state index in [0.29, 0.717) is 17.1 Å². The van der Waals surface area contributed by atoms with Crippen LogP contribution in [0.15, 0.2) is 12.1 Å². The third kappa shape index (κ3) is 3.71. The lowest BCUT2D eigenvalue weighted by atomic mass is 10.0. The number of ether oxygens (including phenoxy) is 3. The van der Waals surface area contributed by atoms with Crippen LogP contribution in [0, 0.1) is 0 Å². The molecule has 0 aromatic heterocycles. The molecule has 0 amide bonds. The van der Waals surface area contributed by atoms with Crippen molar-refractivity contribution in [2.45, 2.75) is 20.3 Å². The summed E-state index contributed by atoms with van der Waals surface area (Å²) < 4.78 is 15.3. The molecule has 0 unspecified atom stereocenters. The molecule has 0 aliphatic carbocycles. The van der Waals surface area contributed by atoms with E-state index in [1.54, 1.807) is 19.1 Å². The molecule has 0 aliphatic heterocycles. The second-order valence-electron chi connectivity index (χ2n) is 3.96. The van der Waals surface area contributed by atoms with Crippen molar-refractivity contribution in [3.05, 3.63) is 23.3 Å². The summed E-state index contributed by atoms with van der Waals surface area (Å²) in [5.74, 6) is 0.314. The Morgan fingerprint density at radius 2 is 1.84 bits per heavy atom. The van der Waals surface area contributed by atoms with Gasteiger partial charge in [0.25, 0.3) is 0 Å². The van der Waals surface area contributed by atoms with E-state index in [2.05, 4.69) is 0 Å².